The van der Waals surface area contributed by atoms with Crippen LogP contribution in [0.2, 0.25) is 0 Å². The number of carbonyl (C=O) groups excluding carboxylic acids is 1. The van der Waals surface area contributed by atoms with Gasteiger partial charge in [-0.25, -0.2) is 9.97 Å². The van der Waals surface area contributed by atoms with Gasteiger partial charge in [-0.05, 0) is 37.5 Å². The van der Waals surface area contributed by atoms with Crippen molar-refractivity contribution < 1.29 is 14.7 Å². The average molecular weight is 313 g/mol. The summed E-state index contributed by atoms with van der Waals surface area (Å²) < 4.78 is 0. The van der Waals surface area contributed by atoms with Crippen LogP contribution in [0, 0.1) is 31.1 Å². The molecule has 1 amide bonds. The molecule has 6 heteroatoms. The Kier molecular flexibility index (Phi) is 3.35. The number of hydrogen-bond acceptors (Lipinski definition) is 4. The van der Waals surface area contributed by atoms with Crippen LogP contribution in [0.1, 0.15) is 25.2 Å². The summed E-state index contributed by atoms with van der Waals surface area (Å²) in [5, 5.41) is 12.0. The van der Waals surface area contributed by atoms with E-state index >= 15 is 0 Å². The molecule has 2 N–H and O–H groups in total. The SMILES string of the molecule is Cc1nc2ccc(NC(=O)C3C(C(=O)O)C3(C)C)cc2nc1C. The number of carboxylic acids is 1. The number of carbonyl (C=O) groups is 2. The summed E-state index contributed by atoms with van der Waals surface area (Å²) in [5.41, 5.74) is 3.28. The Morgan fingerprint density at radius 2 is 1.70 bits per heavy atom. The number of aliphatic carboxylic acids is 1. The van der Waals surface area contributed by atoms with E-state index in [0.29, 0.717) is 11.2 Å². The lowest BCUT2D eigenvalue weighted by molar-refractivity contribution is -0.140. The predicted octanol–water partition coefficient (Wildman–Crippen LogP) is 2.54. The number of amides is 1. The Bertz CT molecular complexity index is 829. The zero-order valence-electron chi connectivity index (χ0n) is 13.5. The molecule has 1 saturated carbocycles. The smallest absolute Gasteiger partial charge is 0.307 e. The normalized spacial score (nSPS) is 21.9. The number of aromatic nitrogens is 2. The Morgan fingerprint density at radius 1 is 1.09 bits per heavy atom. The van der Waals surface area contributed by atoms with Gasteiger partial charge in [0.1, 0.15) is 0 Å². The van der Waals surface area contributed by atoms with Crippen LogP contribution < -0.4 is 5.32 Å². The van der Waals surface area contributed by atoms with Crippen molar-refractivity contribution in [3.8, 4) is 0 Å². The molecule has 0 radical (unpaired) electrons. The standard InChI is InChI=1S/C17H19N3O3/c1-8-9(2)19-12-7-10(5-6-11(12)18-8)20-15(21)13-14(16(22)23)17(13,3)4/h5-7,13-14H,1-4H3,(H,20,21)(H,22,23). The molecule has 2 unspecified atom stereocenters. The van der Waals surface area contributed by atoms with Crippen molar-refractivity contribution in [1.82, 2.24) is 9.97 Å². The maximum Gasteiger partial charge on any atom is 0.307 e. The fourth-order valence-electron chi connectivity index (χ4n) is 3.12. The molecule has 120 valence electrons. The lowest BCUT2D eigenvalue weighted by atomic mass is 10.1. The van der Waals surface area contributed by atoms with Crippen molar-refractivity contribution in [2.45, 2.75) is 27.7 Å². The van der Waals surface area contributed by atoms with E-state index in [1.54, 1.807) is 32.0 Å². The molecule has 23 heavy (non-hydrogen) atoms. The molecule has 0 bridgehead atoms. The van der Waals surface area contributed by atoms with Crippen molar-refractivity contribution in [3.05, 3.63) is 29.6 Å². The van der Waals surface area contributed by atoms with Gasteiger partial charge >= 0.3 is 5.97 Å². The van der Waals surface area contributed by atoms with Gasteiger partial charge in [0, 0.05) is 5.69 Å². The highest BCUT2D eigenvalue weighted by molar-refractivity contribution is 6.00. The van der Waals surface area contributed by atoms with Gasteiger partial charge in [0.2, 0.25) is 5.91 Å². The molecule has 3 rings (SSSR count). The van der Waals surface area contributed by atoms with Crippen LogP contribution in [0.4, 0.5) is 5.69 Å². The minimum atomic E-state index is -0.925. The average Bonchev–Trinajstić information content (AvgIpc) is 3.04. The van der Waals surface area contributed by atoms with Crippen molar-refractivity contribution in [1.29, 1.82) is 0 Å². The number of rotatable bonds is 3. The molecule has 2 atom stereocenters. The largest absolute Gasteiger partial charge is 0.481 e. The van der Waals surface area contributed by atoms with E-state index in [1.807, 2.05) is 13.8 Å². The highest BCUT2D eigenvalue weighted by Gasteiger charge is 2.65. The molecule has 1 heterocycles. The Morgan fingerprint density at radius 3 is 2.26 bits per heavy atom. The second kappa shape index (κ2) is 5.01. The van der Waals surface area contributed by atoms with E-state index in [1.165, 1.54) is 0 Å². The minimum absolute atomic E-state index is 0.265. The van der Waals surface area contributed by atoms with Crippen LogP contribution >= 0.6 is 0 Å². The highest BCUT2D eigenvalue weighted by Crippen LogP contribution is 2.58. The first kappa shape index (κ1) is 15.4. The molecule has 1 aromatic heterocycles. The number of nitrogens with zero attached hydrogens (tertiary/aromatic N) is 2. The van der Waals surface area contributed by atoms with E-state index in [-0.39, 0.29) is 5.91 Å². The topological polar surface area (TPSA) is 92.2 Å². The molecule has 0 saturated heterocycles. The third kappa shape index (κ3) is 2.54. The molecule has 1 aliphatic rings. The third-order valence-electron chi connectivity index (χ3n) is 4.72. The maximum atomic E-state index is 12.4. The Hall–Kier alpha value is -2.50. The van der Waals surface area contributed by atoms with Crippen LogP contribution in [0.15, 0.2) is 18.2 Å². The van der Waals surface area contributed by atoms with Crippen molar-refractivity contribution in [2.24, 2.45) is 17.3 Å². The van der Waals surface area contributed by atoms with E-state index in [2.05, 4.69) is 15.3 Å². The fourth-order valence-corrected chi connectivity index (χ4v) is 3.12. The number of nitrogens with one attached hydrogen (secondary N) is 1. The summed E-state index contributed by atoms with van der Waals surface area (Å²) in [6, 6.07) is 5.32. The summed E-state index contributed by atoms with van der Waals surface area (Å²) in [4.78, 5) is 32.5. The van der Waals surface area contributed by atoms with Gasteiger partial charge in [-0.15, -0.1) is 0 Å². The third-order valence-corrected chi connectivity index (χ3v) is 4.72. The molecular weight excluding hydrogens is 294 g/mol. The van der Waals surface area contributed by atoms with Gasteiger partial charge in [-0.3, -0.25) is 9.59 Å². The van der Waals surface area contributed by atoms with Crippen LogP contribution in [-0.4, -0.2) is 27.0 Å². The number of aryl methyl sites for hydroxylation is 2. The van der Waals surface area contributed by atoms with Gasteiger partial charge < -0.3 is 10.4 Å². The van der Waals surface area contributed by atoms with E-state index in [0.717, 1.165) is 16.9 Å². The molecule has 1 fully saturated rings. The monoisotopic (exact) mass is 313 g/mol. The van der Waals surface area contributed by atoms with Crippen LogP contribution in [0.25, 0.3) is 11.0 Å². The molecular formula is C17H19N3O3. The number of fused-ring (bicyclic) bond motifs is 1. The van der Waals surface area contributed by atoms with Crippen molar-refractivity contribution >= 4 is 28.6 Å². The molecule has 1 aromatic carbocycles. The van der Waals surface area contributed by atoms with Gasteiger partial charge in [0.15, 0.2) is 0 Å². The molecule has 0 spiro atoms. The zero-order chi connectivity index (χ0) is 16.9. The molecule has 2 aromatic rings. The van der Waals surface area contributed by atoms with E-state index in [9.17, 15) is 14.7 Å². The number of anilines is 1. The lowest BCUT2D eigenvalue weighted by Gasteiger charge is -2.08. The summed E-state index contributed by atoms with van der Waals surface area (Å²) in [6.45, 7) is 7.39. The lowest BCUT2D eigenvalue weighted by Crippen LogP contribution is -2.17. The van der Waals surface area contributed by atoms with Gasteiger partial charge in [-0.2, -0.15) is 0 Å². The second-order valence-electron chi connectivity index (χ2n) is 6.70. The van der Waals surface area contributed by atoms with Gasteiger partial charge in [0.25, 0.3) is 0 Å². The summed E-state index contributed by atoms with van der Waals surface area (Å²) in [7, 11) is 0. The van der Waals surface area contributed by atoms with Gasteiger partial charge in [0.05, 0.1) is 34.3 Å². The van der Waals surface area contributed by atoms with Crippen molar-refractivity contribution in [2.75, 3.05) is 5.32 Å². The van der Waals surface area contributed by atoms with Crippen LogP contribution in [-0.2, 0) is 9.59 Å². The van der Waals surface area contributed by atoms with Crippen LogP contribution in [0.5, 0.6) is 0 Å². The zero-order valence-corrected chi connectivity index (χ0v) is 13.5. The number of hydrogen-bond donors (Lipinski definition) is 2. The Labute approximate surface area is 133 Å². The quantitative estimate of drug-likeness (QED) is 0.908. The second-order valence-corrected chi connectivity index (χ2v) is 6.70. The molecule has 1 aliphatic carbocycles. The molecule has 6 nitrogen and oxygen atoms in total. The summed E-state index contributed by atoms with van der Waals surface area (Å²) in [5.74, 6) is -2.33. The first-order chi connectivity index (χ1) is 10.7. The van der Waals surface area contributed by atoms with Gasteiger partial charge in [-0.1, -0.05) is 13.8 Å². The summed E-state index contributed by atoms with van der Waals surface area (Å²) >= 11 is 0. The minimum Gasteiger partial charge on any atom is -0.481 e. The first-order valence-electron chi connectivity index (χ1n) is 7.50. The molecule has 0 aliphatic heterocycles. The predicted molar refractivity (Wildman–Crippen MR) is 86.0 cm³/mol. The van der Waals surface area contributed by atoms with Crippen LogP contribution in [0.3, 0.4) is 0 Å². The summed E-state index contributed by atoms with van der Waals surface area (Å²) in [6.07, 6.45) is 0. The first-order valence-corrected chi connectivity index (χ1v) is 7.50. The van der Waals surface area contributed by atoms with E-state index in [4.69, 9.17) is 0 Å². The maximum absolute atomic E-state index is 12.4. The number of carboxylic acid groups (broad SMARTS) is 1. The van der Waals surface area contributed by atoms with E-state index < -0.39 is 23.2 Å². The fraction of sp³-hybridized carbons (Fsp3) is 0.412. The highest BCUT2D eigenvalue weighted by atomic mass is 16.4. The van der Waals surface area contributed by atoms with Crippen molar-refractivity contribution in [3.63, 3.8) is 0 Å². The Balaban J connectivity index is 1.83. The number of benzene rings is 1.